The van der Waals surface area contributed by atoms with Gasteiger partial charge in [-0.15, -0.1) is 0 Å². The Bertz CT molecular complexity index is 560. The van der Waals surface area contributed by atoms with Gasteiger partial charge in [0.25, 0.3) is 0 Å². The van der Waals surface area contributed by atoms with Crippen molar-refractivity contribution in [1.82, 2.24) is 10.3 Å². The third-order valence-corrected chi connectivity index (χ3v) is 3.23. The van der Waals surface area contributed by atoms with Crippen molar-refractivity contribution in [3.05, 3.63) is 36.0 Å². The Morgan fingerprint density at radius 3 is 2.71 bits per heavy atom. The monoisotopic (exact) mass is 227 g/mol. The summed E-state index contributed by atoms with van der Waals surface area (Å²) in [4.78, 5) is 3.25. The van der Waals surface area contributed by atoms with E-state index in [1.54, 1.807) is 0 Å². The van der Waals surface area contributed by atoms with Crippen LogP contribution >= 0.6 is 0 Å². The summed E-state index contributed by atoms with van der Waals surface area (Å²) in [6.45, 7) is 3.91. The Morgan fingerprint density at radius 2 is 2.06 bits per heavy atom. The van der Waals surface area contributed by atoms with Gasteiger partial charge >= 0.3 is 0 Å². The molecule has 0 aliphatic carbocycles. The van der Waals surface area contributed by atoms with Gasteiger partial charge in [-0.25, -0.2) is 0 Å². The molecule has 0 fully saturated rings. The Labute approximate surface area is 101 Å². The lowest BCUT2D eigenvalue weighted by molar-refractivity contribution is 0.346. The maximum absolute atomic E-state index is 9.27. The highest BCUT2D eigenvalue weighted by molar-refractivity contribution is 5.83. The van der Waals surface area contributed by atoms with Gasteiger partial charge in [0.05, 0.1) is 17.5 Å². The van der Waals surface area contributed by atoms with Crippen molar-refractivity contribution < 1.29 is 0 Å². The number of rotatable bonds is 3. The van der Waals surface area contributed by atoms with E-state index in [9.17, 15) is 5.26 Å². The molecule has 2 aromatic rings. The molecule has 2 N–H and O–H groups in total. The molecule has 1 unspecified atom stereocenters. The second-order valence-electron chi connectivity index (χ2n) is 4.84. The molecule has 0 aliphatic rings. The maximum atomic E-state index is 9.27. The highest BCUT2D eigenvalue weighted by atomic mass is 14.9. The Hall–Kier alpha value is -1.79. The van der Waals surface area contributed by atoms with Crippen LogP contribution in [0.4, 0.5) is 0 Å². The molecule has 1 heterocycles. The van der Waals surface area contributed by atoms with Crippen molar-refractivity contribution in [2.75, 3.05) is 7.05 Å². The summed E-state index contributed by atoms with van der Waals surface area (Å²) in [6, 6.07) is 10.5. The Morgan fingerprint density at radius 1 is 1.35 bits per heavy atom. The normalized spacial score (nSPS) is 13.5. The van der Waals surface area contributed by atoms with Gasteiger partial charge in [-0.1, -0.05) is 18.2 Å². The second-order valence-corrected chi connectivity index (χ2v) is 4.84. The van der Waals surface area contributed by atoms with Gasteiger partial charge in [-0.2, -0.15) is 5.26 Å². The van der Waals surface area contributed by atoms with Crippen LogP contribution in [0, 0.1) is 16.7 Å². The zero-order valence-electron chi connectivity index (χ0n) is 10.4. The van der Waals surface area contributed by atoms with Gasteiger partial charge in [0.1, 0.15) is 0 Å². The van der Waals surface area contributed by atoms with Crippen LogP contribution < -0.4 is 5.32 Å². The topological polar surface area (TPSA) is 51.6 Å². The van der Waals surface area contributed by atoms with E-state index in [0.29, 0.717) is 0 Å². The number of H-pyrrole nitrogens is 1. The van der Waals surface area contributed by atoms with Crippen molar-refractivity contribution in [3.8, 4) is 6.07 Å². The number of fused-ring (bicyclic) bond motifs is 1. The number of para-hydroxylation sites is 1. The molecule has 1 aromatic carbocycles. The molecule has 3 nitrogen and oxygen atoms in total. The van der Waals surface area contributed by atoms with Crippen molar-refractivity contribution in [2.24, 2.45) is 5.41 Å². The van der Waals surface area contributed by atoms with E-state index < -0.39 is 5.41 Å². The van der Waals surface area contributed by atoms with Crippen LogP contribution in [0.25, 0.3) is 10.9 Å². The summed E-state index contributed by atoms with van der Waals surface area (Å²) < 4.78 is 0. The number of nitriles is 1. The van der Waals surface area contributed by atoms with Gasteiger partial charge in [0.2, 0.25) is 0 Å². The van der Waals surface area contributed by atoms with Gasteiger partial charge in [0, 0.05) is 17.1 Å². The highest BCUT2D eigenvalue weighted by Crippen LogP contribution is 2.35. The minimum absolute atomic E-state index is 0.0173. The summed E-state index contributed by atoms with van der Waals surface area (Å²) in [5.74, 6) is 0. The smallest absolute Gasteiger partial charge is 0.0712 e. The third kappa shape index (κ3) is 1.92. The second kappa shape index (κ2) is 4.23. The van der Waals surface area contributed by atoms with Crippen molar-refractivity contribution >= 4 is 10.9 Å². The van der Waals surface area contributed by atoms with E-state index in [4.69, 9.17) is 0 Å². The Kier molecular flexibility index (Phi) is 2.91. The minimum atomic E-state index is -0.445. The summed E-state index contributed by atoms with van der Waals surface area (Å²) in [7, 11) is 1.89. The fraction of sp³-hybridized carbons (Fsp3) is 0.357. The SMILES string of the molecule is CNC(c1c[nH]c2ccccc12)C(C)(C)C#N. The quantitative estimate of drug-likeness (QED) is 0.847. The van der Waals surface area contributed by atoms with E-state index >= 15 is 0 Å². The predicted octanol–water partition coefficient (Wildman–Crippen LogP) is 2.98. The molecule has 0 aliphatic heterocycles. The third-order valence-electron chi connectivity index (χ3n) is 3.23. The van der Waals surface area contributed by atoms with E-state index in [2.05, 4.69) is 22.4 Å². The molecule has 0 saturated carbocycles. The summed E-state index contributed by atoms with van der Waals surface area (Å²) >= 11 is 0. The van der Waals surface area contributed by atoms with Crippen molar-refractivity contribution in [1.29, 1.82) is 5.26 Å². The first-order valence-electron chi connectivity index (χ1n) is 5.74. The van der Waals surface area contributed by atoms with Gasteiger partial charge < -0.3 is 10.3 Å². The zero-order chi connectivity index (χ0) is 12.5. The lowest BCUT2D eigenvalue weighted by Gasteiger charge is -2.27. The van der Waals surface area contributed by atoms with Crippen LogP contribution in [-0.2, 0) is 0 Å². The molecule has 1 atom stereocenters. The number of aromatic amines is 1. The molecule has 17 heavy (non-hydrogen) atoms. The van der Waals surface area contributed by atoms with E-state index in [0.717, 1.165) is 11.1 Å². The molecule has 0 spiro atoms. The molecule has 0 saturated heterocycles. The largest absolute Gasteiger partial charge is 0.361 e. The summed E-state index contributed by atoms with van der Waals surface area (Å²) in [5.41, 5.74) is 1.81. The highest BCUT2D eigenvalue weighted by Gasteiger charge is 2.31. The lowest BCUT2D eigenvalue weighted by Crippen LogP contribution is -2.30. The fourth-order valence-electron chi connectivity index (χ4n) is 2.30. The molecule has 1 aromatic heterocycles. The molecule has 88 valence electrons. The number of benzene rings is 1. The number of hydrogen-bond acceptors (Lipinski definition) is 2. The van der Waals surface area contributed by atoms with Crippen LogP contribution in [0.1, 0.15) is 25.5 Å². The average molecular weight is 227 g/mol. The van der Waals surface area contributed by atoms with E-state index in [-0.39, 0.29) is 6.04 Å². The maximum Gasteiger partial charge on any atom is 0.0712 e. The number of nitrogens with zero attached hydrogens (tertiary/aromatic N) is 1. The van der Waals surface area contributed by atoms with Crippen LogP contribution in [0.3, 0.4) is 0 Å². The molecule has 0 bridgehead atoms. The van der Waals surface area contributed by atoms with Crippen LogP contribution in [0.5, 0.6) is 0 Å². The van der Waals surface area contributed by atoms with Crippen LogP contribution in [-0.4, -0.2) is 12.0 Å². The zero-order valence-corrected chi connectivity index (χ0v) is 10.4. The van der Waals surface area contributed by atoms with E-state index in [1.807, 2.05) is 45.3 Å². The van der Waals surface area contributed by atoms with Gasteiger partial charge in [-0.3, -0.25) is 0 Å². The lowest BCUT2D eigenvalue weighted by atomic mass is 9.82. The number of hydrogen-bond donors (Lipinski definition) is 2. The van der Waals surface area contributed by atoms with Crippen molar-refractivity contribution in [2.45, 2.75) is 19.9 Å². The summed E-state index contributed by atoms with van der Waals surface area (Å²) in [5, 5.41) is 13.7. The average Bonchev–Trinajstić information content (AvgIpc) is 2.74. The van der Waals surface area contributed by atoms with Crippen LogP contribution in [0.15, 0.2) is 30.5 Å². The molecule has 2 rings (SSSR count). The number of nitrogens with one attached hydrogen (secondary N) is 2. The predicted molar refractivity (Wildman–Crippen MR) is 69.5 cm³/mol. The van der Waals surface area contributed by atoms with Gasteiger partial charge in [-0.05, 0) is 32.5 Å². The van der Waals surface area contributed by atoms with Gasteiger partial charge in [0.15, 0.2) is 0 Å². The first-order chi connectivity index (χ1) is 8.10. The first-order valence-corrected chi connectivity index (χ1v) is 5.74. The molecule has 0 amide bonds. The standard InChI is InChI=1S/C14H17N3/c1-14(2,9-15)13(16-3)11-8-17-12-7-5-4-6-10(11)12/h4-8,13,16-17H,1-3H3. The molecule has 3 heteroatoms. The number of aromatic nitrogens is 1. The molecule has 0 radical (unpaired) electrons. The first kappa shape index (κ1) is 11.7. The van der Waals surface area contributed by atoms with E-state index in [1.165, 1.54) is 5.39 Å². The Balaban J connectivity index is 2.56. The molecular weight excluding hydrogens is 210 g/mol. The fourth-order valence-corrected chi connectivity index (χ4v) is 2.30. The van der Waals surface area contributed by atoms with Crippen LogP contribution in [0.2, 0.25) is 0 Å². The summed E-state index contributed by atoms with van der Waals surface area (Å²) in [6.07, 6.45) is 1.99. The minimum Gasteiger partial charge on any atom is -0.361 e. The molecular formula is C14H17N3. The van der Waals surface area contributed by atoms with Crippen molar-refractivity contribution in [3.63, 3.8) is 0 Å².